The van der Waals surface area contributed by atoms with Crippen LogP contribution < -0.4 is 20.9 Å². The molecule has 0 heterocycles. The standard InChI is InChI=1S/C34H34N2O2/c35-25-8-16-29(17-9-25)37-27-12-4-23(5-13-27)34(21-22-20-33(34)32-3-1-2-31(22)32)24-6-14-28(15-7-24)38-30-18-10-26(36)11-19-30/h4-19,22,31-33H,1-3,20-21,35-36H2. The van der Waals surface area contributed by atoms with E-state index in [9.17, 15) is 0 Å². The number of hydrogen-bond donors (Lipinski definition) is 2. The minimum Gasteiger partial charge on any atom is -0.457 e. The summed E-state index contributed by atoms with van der Waals surface area (Å²) in [5.41, 5.74) is 16.0. The number of anilines is 2. The third-order valence-electron chi connectivity index (χ3n) is 9.49. The van der Waals surface area contributed by atoms with Gasteiger partial charge in [-0.3, -0.25) is 0 Å². The second-order valence-corrected chi connectivity index (χ2v) is 11.4. The molecule has 0 spiro atoms. The molecule has 3 aliphatic carbocycles. The first-order valence-corrected chi connectivity index (χ1v) is 13.9. The van der Waals surface area contributed by atoms with Crippen molar-refractivity contribution in [2.75, 3.05) is 11.5 Å². The molecule has 4 unspecified atom stereocenters. The number of benzene rings is 4. The molecule has 38 heavy (non-hydrogen) atoms. The van der Waals surface area contributed by atoms with Crippen LogP contribution in [0.2, 0.25) is 0 Å². The summed E-state index contributed by atoms with van der Waals surface area (Å²) >= 11 is 0. The molecule has 0 amide bonds. The molecule has 4 nitrogen and oxygen atoms in total. The van der Waals surface area contributed by atoms with E-state index in [-0.39, 0.29) is 5.41 Å². The molecule has 4 atom stereocenters. The van der Waals surface area contributed by atoms with Crippen molar-refractivity contribution >= 4 is 11.4 Å². The average Bonchev–Trinajstić information content (AvgIpc) is 3.66. The Morgan fingerprint density at radius 1 is 0.553 bits per heavy atom. The van der Waals surface area contributed by atoms with E-state index in [1.54, 1.807) is 0 Å². The molecule has 3 aliphatic rings. The Bertz CT molecular complexity index is 1320. The highest BCUT2D eigenvalue weighted by Crippen LogP contribution is 2.68. The first-order chi connectivity index (χ1) is 18.6. The van der Waals surface area contributed by atoms with E-state index in [1.807, 2.05) is 48.5 Å². The number of ether oxygens (including phenoxy) is 2. The van der Waals surface area contributed by atoms with Gasteiger partial charge >= 0.3 is 0 Å². The van der Waals surface area contributed by atoms with E-state index in [0.717, 1.165) is 52.1 Å². The molecule has 4 aromatic rings. The van der Waals surface area contributed by atoms with Gasteiger partial charge in [-0.05, 0) is 133 Å². The van der Waals surface area contributed by atoms with Crippen molar-refractivity contribution in [1.29, 1.82) is 0 Å². The monoisotopic (exact) mass is 502 g/mol. The van der Waals surface area contributed by atoms with Crippen LogP contribution in [0.15, 0.2) is 97.1 Å². The van der Waals surface area contributed by atoms with Gasteiger partial charge < -0.3 is 20.9 Å². The molecule has 2 bridgehead atoms. The first kappa shape index (κ1) is 23.2. The lowest BCUT2D eigenvalue weighted by molar-refractivity contribution is 0.181. The topological polar surface area (TPSA) is 70.5 Å². The van der Waals surface area contributed by atoms with Gasteiger partial charge in [0.25, 0.3) is 0 Å². The van der Waals surface area contributed by atoms with Crippen LogP contribution in [-0.2, 0) is 5.41 Å². The van der Waals surface area contributed by atoms with Gasteiger partial charge in [-0.15, -0.1) is 0 Å². The van der Waals surface area contributed by atoms with Gasteiger partial charge in [0.2, 0.25) is 0 Å². The predicted octanol–water partition coefficient (Wildman–Crippen LogP) is 8.18. The number of rotatable bonds is 6. The zero-order valence-corrected chi connectivity index (χ0v) is 21.6. The number of fused-ring (bicyclic) bond motifs is 5. The quantitative estimate of drug-likeness (QED) is 0.261. The van der Waals surface area contributed by atoms with Crippen LogP contribution in [-0.4, -0.2) is 0 Å². The molecular weight excluding hydrogens is 468 g/mol. The van der Waals surface area contributed by atoms with E-state index in [0.29, 0.717) is 5.92 Å². The van der Waals surface area contributed by atoms with E-state index in [2.05, 4.69) is 48.5 Å². The van der Waals surface area contributed by atoms with Gasteiger partial charge in [-0.1, -0.05) is 30.7 Å². The maximum absolute atomic E-state index is 6.12. The molecule has 3 saturated carbocycles. The summed E-state index contributed by atoms with van der Waals surface area (Å²) < 4.78 is 12.2. The summed E-state index contributed by atoms with van der Waals surface area (Å²) in [4.78, 5) is 0. The van der Waals surface area contributed by atoms with Crippen molar-refractivity contribution in [3.8, 4) is 23.0 Å². The van der Waals surface area contributed by atoms with Gasteiger partial charge in [0, 0.05) is 16.8 Å². The van der Waals surface area contributed by atoms with Crippen molar-refractivity contribution in [3.63, 3.8) is 0 Å². The molecule has 0 saturated heterocycles. The Labute approximate surface area is 224 Å². The van der Waals surface area contributed by atoms with E-state index in [4.69, 9.17) is 20.9 Å². The van der Waals surface area contributed by atoms with Gasteiger partial charge in [0.15, 0.2) is 0 Å². The van der Waals surface area contributed by atoms with Gasteiger partial charge in [-0.2, -0.15) is 0 Å². The lowest BCUT2D eigenvalue weighted by Crippen LogP contribution is -2.40. The molecule has 4 N–H and O–H groups in total. The molecule has 0 radical (unpaired) electrons. The molecule has 4 aromatic carbocycles. The predicted molar refractivity (Wildman–Crippen MR) is 153 cm³/mol. The number of nitrogen functional groups attached to an aromatic ring is 2. The van der Waals surface area contributed by atoms with E-state index < -0.39 is 0 Å². The molecule has 192 valence electrons. The third kappa shape index (κ3) is 3.91. The van der Waals surface area contributed by atoms with Gasteiger partial charge in [0.05, 0.1) is 0 Å². The van der Waals surface area contributed by atoms with Gasteiger partial charge in [-0.25, -0.2) is 0 Å². The Hall–Kier alpha value is -3.92. The smallest absolute Gasteiger partial charge is 0.127 e. The average molecular weight is 503 g/mol. The van der Waals surface area contributed by atoms with Crippen LogP contribution in [0, 0.1) is 23.7 Å². The Morgan fingerprint density at radius 3 is 1.45 bits per heavy atom. The Balaban J connectivity index is 1.21. The second-order valence-electron chi connectivity index (χ2n) is 11.4. The zero-order chi connectivity index (χ0) is 25.7. The highest BCUT2D eigenvalue weighted by Gasteiger charge is 2.61. The number of nitrogens with two attached hydrogens (primary N) is 2. The molecule has 4 heteroatoms. The summed E-state index contributed by atoms with van der Waals surface area (Å²) in [6.45, 7) is 0. The van der Waals surface area contributed by atoms with Crippen molar-refractivity contribution in [2.45, 2.75) is 37.5 Å². The fourth-order valence-corrected chi connectivity index (χ4v) is 7.96. The van der Waals surface area contributed by atoms with Gasteiger partial charge in [0.1, 0.15) is 23.0 Å². The summed E-state index contributed by atoms with van der Waals surface area (Å²) in [7, 11) is 0. The minimum absolute atomic E-state index is 0.0373. The molecular formula is C34H34N2O2. The van der Waals surface area contributed by atoms with Crippen molar-refractivity contribution in [2.24, 2.45) is 23.7 Å². The minimum atomic E-state index is 0.0373. The van der Waals surface area contributed by atoms with Crippen LogP contribution in [0.25, 0.3) is 0 Å². The highest BCUT2D eigenvalue weighted by molar-refractivity contribution is 5.49. The lowest BCUT2D eigenvalue weighted by Gasteiger charge is -2.44. The summed E-state index contributed by atoms with van der Waals surface area (Å²) in [5, 5.41) is 0. The normalized spacial score (nSPS) is 24.7. The number of hydrogen-bond acceptors (Lipinski definition) is 4. The first-order valence-electron chi connectivity index (χ1n) is 13.9. The zero-order valence-electron chi connectivity index (χ0n) is 21.6. The van der Waals surface area contributed by atoms with Crippen molar-refractivity contribution < 1.29 is 9.47 Å². The van der Waals surface area contributed by atoms with Crippen LogP contribution in [0.5, 0.6) is 23.0 Å². The Kier molecular flexibility index (Phi) is 5.57. The molecule has 3 fully saturated rings. The summed E-state index contributed by atoms with van der Waals surface area (Å²) in [6, 6.07) is 32.8. The molecule has 0 aromatic heterocycles. The fraction of sp³-hybridized carbons (Fsp3) is 0.294. The van der Waals surface area contributed by atoms with Crippen LogP contribution in [0.3, 0.4) is 0 Å². The molecule has 0 aliphatic heterocycles. The third-order valence-corrected chi connectivity index (χ3v) is 9.49. The largest absolute Gasteiger partial charge is 0.457 e. The fourth-order valence-electron chi connectivity index (χ4n) is 7.96. The highest BCUT2D eigenvalue weighted by atomic mass is 16.5. The SMILES string of the molecule is Nc1ccc(Oc2ccc(C3(c4ccc(Oc5ccc(N)cc5)cc4)CC4CC3C3CCCC43)cc2)cc1. The van der Waals surface area contributed by atoms with E-state index in [1.165, 1.54) is 43.2 Å². The lowest BCUT2D eigenvalue weighted by atomic mass is 9.59. The molecule has 7 rings (SSSR count). The maximum Gasteiger partial charge on any atom is 0.127 e. The van der Waals surface area contributed by atoms with Crippen molar-refractivity contribution in [1.82, 2.24) is 0 Å². The maximum atomic E-state index is 6.12. The summed E-state index contributed by atoms with van der Waals surface area (Å²) in [5.74, 6) is 6.57. The second kappa shape index (κ2) is 9.13. The van der Waals surface area contributed by atoms with Crippen LogP contribution >= 0.6 is 0 Å². The van der Waals surface area contributed by atoms with Crippen LogP contribution in [0.4, 0.5) is 11.4 Å². The Morgan fingerprint density at radius 2 is 0.974 bits per heavy atom. The van der Waals surface area contributed by atoms with Crippen molar-refractivity contribution in [3.05, 3.63) is 108 Å². The van der Waals surface area contributed by atoms with E-state index >= 15 is 0 Å². The summed E-state index contributed by atoms with van der Waals surface area (Å²) in [6.07, 6.45) is 6.77. The van der Waals surface area contributed by atoms with Crippen LogP contribution in [0.1, 0.15) is 43.2 Å².